The molecule has 0 saturated carbocycles. The number of rotatable bonds is 8. The maximum Gasteiger partial charge on any atom is 0.230 e. The van der Waals surface area contributed by atoms with E-state index in [1.165, 1.54) is 38.9 Å². The topological polar surface area (TPSA) is 32.3 Å². The molecule has 4 heteroatoms. The van der Waals surface area contributed by atoms with Crippen LogP contribution in [0.5, 0.6) is 0 Å². The van der Waals surface area contributed by atoms with Crippen molar-refractivity contribution in [3.8, 4) is 0 Å². The van der Waals surface area contributed by atoms with Crippen molar-refractivity contribution >= 4 is 17.7 Å². The Labute approximate surface area is 126 Å². The molecule has 1 heterocycles. The first-order valence-electron chi connectivity index (χ1n) is 7.51. The number of carbonyl (C=O) groups is 1. The van der Waals surface area contributed by atoms with Crippen LogP contribution in [0.25, 0.3) is 0 Å². The monoisotopic (exact) mass is 292 g/mol. The zero-order chi connectivity index (χ0) is 14.0. The van der Waals surface area contributed by atoms with Gasteiger partial charge in [-0.2, -0.15) is 0 Å². The number of benzene rings is 1. The standard InChI is InChI=1S/C16H24N2OS/c19-16(14-20-15-8-2-1-3-9-15)17-10-4-5-11-18-12-6-7-13-18/h1-3,8-9H,4-7,10-14H2,(H,17,19). The van der Waals surface area contributed by atoms with Crippen molar-refractivity contribution in [2.45, 2.75) is 30.6 Å². The largest absolute Gasteiger partial charge is 0.355 e. The maximum atomic E-state index is 11.7. The first-order chi connectivity index (χ1) is 9.84. The number of nitrogens with zero attached hydrogens (tertiary/aromatic N) is 1. The Morgan fingerprint density at radius 3 is 2.65 bits per heavy atom. The third kappa shape index (κ3) is 5.97. The number of thioether (sulfide) groups is 1. The lowest BCUT2D eigenvalue weighted by atomic mass is 10.3. The molecule has 0 atom stereocenters. The summed E-state index contributed by atoms with van der Waals surface area (Å²) in [5.41, 5.74) is 0. The minimum atomic E-state index is 0.139. The van der Waals surface area contributed by atoms with Crippen LogP contribution in [-0.2, 0) is 4.79 Å². The number of likely N-dealkylation sites (tertiary alicyclic amines) is 1. The number of hydrogen-bond donors (Lipinski definition) is 1. The minimum absolute atomic E-state index is 0.139. The summed E-state index contributed by atoms with van der Waals surface area (Å²) in [7, 11) is 0. The highest BCUT2D eigenvalue weighted by molar-refractivity contribution is 8.00. The Kier molecular flexibility index (Phi) is 6.95. The lowest BCUT2D eigenvalue weighted by Gasteiger charge is -2.13. The average Bonchev–Trinajstić information content (AvgIpc) is 2.99. The zero-order valence-electron chi connectivity index (χ0n) is 12.0. The molecule has 1 saturated heterocycles. The van der Waals surface area contributed by atoms with E-state index >= 15 is 0 Å². The van der Waals surface area contributed by atoms with Crippen molar-refractivity contribution in [2.24, 2.45) is 0 Å². The molecule has 0 bridgehead atoms. The van der Waals surface area contributed by atoms with Crippen LogP contribution in [0.4, 0.5) is 0 Å². The molecule has 0 radical (unpaired) electrons. The molecule has 0 aromatic heterocycles. The van der Waals surface area contributed by atoms with E-state index in [1.54, 1.807) is 11.8 Å². The molecule has 3 nitrogen and oxygen atoms in total. The van der Waals surface area contributed by atoms with Crippen LogP contribution in [0.15, 0.2) is 35.2 Å². The Hall–Kier alpha value is -1.00. The van der Waals surface area contributed by atoms with E-state index in [0.717, 1.165) is 17.9 Å². The molecule has 1 N–H and O–H groups in total. The van der Waals surface area contributed by atoms with Crippen LogP contribution >= 0.6 is 11.8 Å². The molecule has 1 amide bonds. The summed E-state index contributed by atoms with van der Waals surface area (Å²) < 4.78 is 0. The van der Waals surface area contributed by atoms with Gasteiger partial charge in [-0.3, -0.25) is 4.79 Å². The molecule has 1 fully saturated rings. The molecular formula is C16H24N2OS. The van der Waals surface area contributed by atoms with Gasteiger partial charge >= 0.3 is 0 Å². The van der Waals surface area contributed by atoms with Crippen LogP contribution in [0.1, 0.15) is 25.7 Å². The molecule has 110 valence electrons. The summed E-state index contributed by atoms with van der Waals surface area (Å²) in [6.45, 7) is 4.52. The molecule has 0 aliphatic carbocycles. The fourth-order valence-electron chi connectivity index (χ4n) is 2.41. The summed E-state index contributed by atoms with van der Waals surface area (Å²) >= 11 is 1.59. The summed E-state index contributed by atoms with van der Waals surface area (Å²) in [5, 5.41) is 3.00. The molecule has 1 aliphatic heterocycles. The summed E-state index contributed by atoms with van der Waals surface area (Å²) in [5.74, 6) is 0.649. The summed E-state index contributed by atoms with van der Waals surface area (Å²) in [4.78, 5) is 15.4. The van der Waals surface area contributed by atoms with Crippen molar-refractivity contribution < 1.29 is 4.79 Å². The van der Waals surface area contributed by atoms with Crippen LogP contribution < -0.4 is 5.32 Å². The van der Waals surface area contributed by atoms with Crippen LogP contribution in [0, 0.1) is 0 Å². The summed E-state index contributed by atoms with van der Waals surface area (Å²) in [6.07, 6.45) is 4.98. The van der Waals surface area contributed by atoms with Gasteiger partial charge in [-0.1, -0.05) is 18.2 Å². The Balaban J connectivity index is 1.47. The quantitative estimate of drug-likeness (QED) is 0.591. The van der Waals surface area contributed by atoms with Crippen molar-refractivity contribution in [1.82, 2.24) is 10.2 Å². The molecule has 1 aromatic rings. The van der Waals surface area contributed by atoms with Gasteiger partial charge in [0.15, 0.2) is 0 Å². The Bertz CT molecular complexity index is 391. The lowest BCUT2D eigenvalue weighted by molar-refractivity contribution is -0.118. The van der Waals surface area contributed by atoms with Gasteiger partial charge in [-0.15, -0.1) is 11.8 Å². The number of unbranched alkanes of at least 4 members (excludes halogenated alkanes) is 1. The van der Waals surface area contributed by atoms with E-state index in [2.05, 4.69) is 10.2 Å². The van der Waals surface area contributed by atoms with E-state index < -0.39 is 0 Å². The second kappa shape index (κ2) is 9.03. The first kappa shape index (κ1) is 15.4. The van der Waals surface area contributed by atoms with Crippen LogP contribution in [0.2, 0.25) is 0 Å². The molecular weight excluding hydrogens is 268 g/mol. The van der Waals surface area contributed by atoms with Gasteiger partial charge in [0.25, 0.3) is 0 Å². The first-order valence-corrected chi connectivity index (χ1v) is 8.50. The third-order valence-corrected chi connectivity index (χ3v) is 4.55. The van der Waals surface area contributed by atoms with Crippen molar-refractivity contribution in [3.05, 3.63) is 30.3 Å². The highest BCUT2D eigenvalue weighted by Gasteiger charge is 2.10. The summed E-state index contributed by atoms with van der Waals surface area (Å²) in [6, 6.07) is 10.1. The number of amides is 1. The highest BCUT2D eigenvalue weighted by atomic mass is 32.2. The maximum absolute atomic E-state index is 11.7. The highest BCUT2D eigenvalue weighted by Crippen LogP contribution is 2.16. The normalized spacial score (nSPS) is 15.4. The predicted molar refractivity (Wildman–Crippen MR) is 85.1 cm³/mol. The fourth-order valence-corrected chi connectivity index (χ4v) is 3.16. The number of hydrogen-bond acceptors (Lipinski definition) is 3. The molecule has 1 aliphatic rings. The van der Waals surface area contributed by atoms with Gasteiger partial charge in [-0.25, -0.2) is 0 Å². The van der Waals surface area contributed by atoms with Crippen molar-refractivity contribution in [1.29, 1.82) is 0 Å². The molecule has 0 spiro atoms. The van der Waals surface area contributed by atoms with E-state index in [4.69, 9.17) is 0 Å². The van der Waals surface area contributed by atoms with E-state index in [-0.39, 0.29) is 5.91 Å². The number of nitrogens with one attached hydrogen (secondary N) is 1. The van der Waals surface area contributed by atoms with E-state index in [0.29, 0.717) is 5.75 Å². The van der Waals surface area contributed by atoms with Gasteiger partial charge < -0.3 is 10.2 Å². The molecule has 0 unspecified atom stereocenters. The van der Waals surface area contributed by atoms with Gasteiger partial charge in [-0.05, 0) is 57.5 Å². The number of carbonyl (C=O) groups excluding carboxylic acids is 1. The predicted octanol–water partition coefficient (Wildman–Crippen LogP) is 2.77. The molecule has 2 rings (SSSR count). The second-order valence-corrected chi connectivity index (χ2v) is 6.26. The van der Waals surface area contributed by atoms with Crippen LogP contribution in [0.3, 0.4) is 0 Å². The van der Waals surface area contributed by atoms with Crippen molar-refractivity contribution in [3.63, 3.8) is 0 Å². The second-order valence-electron chi connectivity index (χ2n) is 5.21. The zero-order valence-corrected chi connectivity index (χ0v) is 12.8. The minimum Gasteiger partial charge on any atom is -0.355 e. The van der Waals surface area contributed by atoms with Gasteiger partial charge in [0.2, 0.25) is 5.91 Å². The van der Waals surface area contributed by atoms with E-state index in [1.807, 2.05) is 30.3 Å². The smallest absolute Gasteiger partial charge is 0.230 e. The van der Waals surface area contributed by atoms with Crippen LogP contribution in [-0.4, -0.2) is 42.7 Å². The van der Waals surface area contributed by atoms with E-state index in [9.17, 15) is 4.79 Å². The Morgan fingerprint density at radius 2 is 1.90 bits per heavy atom. The fraction of sp³-hybridized carbons (Fsp3) is 0.562. The third-order valence-electron chi connectivity index (χ3n) is 3.54. The van der Waals surface area contributed by atoms with Gasteiger partial charge in [0, 0.05) is 11.4 Å². The molecule has 20 heavy (non-hydrogen) atoms. The van der Waals surface area contributed by atoms with Gasteiger partial charge in [0.1, 0.15) is 0 Å². The lowest BCUT2D eigenvalue weighted by Crippen LogP contribution is -2.27. The van der Waals surface area contributed by atoms with Crippen molar-refractivity contribution in [2.75, 3.05) is 31.9 Å². The Morgan fingerprint density at radius 1 is 1.15 bits per heavy atom. The SMILES string of the molecule is O=C(CSc1ccccc1)NCCCCN1CCCC1. The van der Waals surface area contributed by atoms with Gasteiger partial charge in [0.05, 0.1) is 5.75 Å². The molecule has 1 aromatic carbocycles. The average molecular weight is 292 g/mol.